The van der Waals surface area contributed by atoms with Crippen molar-refractivity contribution in [2.75, 3.05) is 22.9 Å². The topological polar surface area (TPSA) is 54.3 Å². The monoisotopic (exact) mass is 437 g/mol. The van der Waals surface area contributed by atoms with Gasteiger partial charge in [0.1, 0.15) is 0 Å². The lowest BCUT2D eigenvalue weighted by molar-refractivity contribution is 0.0979. The molecule has 0 radical (unpaired) electrons. The summed E-state index contributed by atoms with van der Waals surface area (Å²) in [6.45, 7) is 5.08. The van der Waals surface area contributed by atoms with Gasteiger partial charge in [0, 0.05) is 19.6 Å². The second-order valence-corrected chi connectivity index (χ2v) is 8.66. The third-order valence-corrected chi connectivity index (χ3v) is 5.95. The molecule has 0 aliphatic carbocycles. The van der Waals surface area contributed by atoms with E-state index in [1.807, 2.05) is 59.5 Å². The van der Waals surface area contributed by atoms with Crippen LogP contribution in [-0.2, 0) is 13.1 Å². The van der Waals surface area contributed by atoms with Gasteiger partial charge in [-0.1, -0.05) is 84.9 Å². The summed E-state index contributed by atoms with van der Waals surface area (Å²) in [5.74, 6) is 0.180. The Bertz CT molecular complexity index is 1220. The van der Waals surface area contributed by atoms with Crippen LogP contribution >= 0.6 is 0 Å². The summed E-state index contributed by atoms with van der Waals surface area (Å²) >= 11 is 0. The van der Waals surface area contributed by atoms with Gasteiger partial charge in [-0.2, -0.15) is 0 Å². The van der Waals surface area contributed by atoms with Crippen molar-refractivity contribution < 1.29 is 4.79 Å². The second kappa shape index (κ2) is 9.28. The lowest BCUT2D eigenvalue weighted by Crippen LogP contribution is -2.35. The number of benzene rings is 3. The first kappa shape index (κ1) is 20.9. The molecule has 1 aliphatic rings. The van der Waals surface area contributed by atoms with Crippen LogP contribution in [0.3, 0.4) is 0 Å². The molecule has 1 aromatic heterocycles. The molecule has 0 saturated heterocycles. The Balaban J connectivity index is 1.42. The number of fused-ring (bicyclic) bond motifs is 1. The summed E-state index contributed by atoms with van der Waals surface area (Å²) < 4.78 is 1.72. The average molecular weight is 438 g/mol. The molecule has 6 heteroatoms. The standard InChI is InChI=1S/C27H27N5O/c1-21-16-30(18-22-10-4-2-5-11-22)25-14-8-9-15-26(25)32(17-21)27(33)24-20-31(29-28-24)19-23-12-6-3-7-13-23/h2-15,20-21H,16-19H2,1H3/t21-/m0/s1. The van der Waals surface area contributed by atoms with Gasteiger partial charge < -0.3 is 9.80 Å². The van der Waals surface area contributed by atoms with Gasteiger partial charge in [0.25, 0.3) is 5.91 Å². The van der Waals surface area contributed by atoms with E-state index in [0.717, 1.165) is 30.0 Å². The van der Waals surface area contributed by atoms with Crippen molar-refractivity contribution in [3.05, 3.63) is 108 Å². The number of amides is 1. The van der Waals surface area contributed by atoms with Gasteiger partial charge in [-0.05, 0) is 29.2 Å². The van der Waals surface area contributed by atoms with Gasteiger partial charge in [-0.3, -0.25) is 4.79 Å². The average Bonchev–Trinajstić information content (AvgIpc) is 3.26. The third-order valence-electron chi connectivity index (χ3n) is 5.95. The number of nitrogens with zero attached hydrogens (tertiary/aromatic N) is 5. The molecular formula is C27H27N5O. The van der Waals surface area contributed by atoms with E-state index < -0.39 is 0 Å². The highest BCUT2D eigenvalue weighted by Gasteiger charge is 2.30. The maximum Gasteiger partial charge on any atom is 0.280 e. The first-order chi connectivity index (χ1) is 16.2. The molecule has 6 nitrogen and oxygen atoms in total. The largest absolute Gasteiger partial charge is 0.365 e. The van der Waals surface area contributed by atoms with Gasteiger partial charge in [0.15, 0.2) is 5.69 Å². The number of para-hydroxylation sites is 2. The Labute approximate surface area is 194 Å². The first-order valence-corrected chi connectivity index (χ1v) is 11.3. The van der Waals surface area contributed by atoms with Crippen LogP contribution < -0.4 is 9.80 Å². The lowest BCUT2D eigenvalue weighted by Gasteiger charge is -2.26. The highest BCUT2D eigenvalue weighted by molar-refractivity contribution is 6.06. The van der Waals surface area contributed by atoms with Crippen molar-refractivity contribution in [2.45, 2.75) is 20.0 Å². The smallest absolute Gasteiger partial charge is 0.280 e. The summed E-state index contributed by atoms with van der Waals surface area (Å²) in [5, 5.41) is 8.42. The minimum Gasteiger partial charge on any atom is -0.365 e. The van der Waals surface area contributed by atoms with Crippen LogP contribution in [-0.4, -0.2) is 34.0 Å². The third kappa shape index (κ3) is 4.65. The molecule has 0 saturated carbocycles. The van der Waals surface area contributed by atoms with Crippen molar-refractivity contribution in [3.8, 4) is 0 Å². The summed E-state index contributed by atoms with van der Waals surface area (Å²) in [5.41, 5.74) is 4.72. The minimum atomic E-state index is -0.116. The molecular weight excluding hydrogens is 410 g/mol. The van der Waals surface area contributed by atoms with Crippen molar-refractivity contribution >= 4 is 17.3 Å². The summed E-state index contributed by atoms with van der Waals surface area (Å²) in [7, 11) is 0. The van der Waals surface area contributed by atoms with E-state index in [1.165, 1.54) is 5.56 Å². The molecule has 0 unspecified atom stereocenters. The van der Waals surface area contributed by atoms with Crippen LogP contribution in [0, 0.1) is 5.92 Å². The molecule has 0 N–H and O–H groups in total. The molecule has 1 aliphatic heterocycles. The quantitative estimate of drug-likeness (QED) is 0.457. The molecule has 33 heavy (non-hydrogen) atoms. The summed E-state index contributed by atoms with van der Waals surface area (Å²) in [6, 6.07) is 28.7. The second-order valence-electron chi connectivity index (χ2n) is 8.66. The van der Waals surface area contributed by atoms with Crippen LogP contribution in [0.5, 0.6) is 0 Å². The zero-order chi connectivity index (χ0) is 22.6. The fraction of sp³-hybridized carbons (Fsp3) is 0.222. The van der Waals surface area contributed by atoms with E-state index in [2.05, 4.69) is 52.5 Å². The van der Waals surface area contributed by atoms with E-state index >= 15 is 0 Å². The van der Waals surface area contributed by atoms with Crippen molar-refractivity contribution in [2.24, 2.45) is 5.92 Å². The molecule has 0 bridgehead atoms. The van der Waals surface area contributed by atoms with E-state index in [9.17, 15) is 4.79 Å². The first-order valence-electron chi connectivity index (χ1n) is 11.3. The number of carbonyl (C=O) groups is 1. The van der Waals surface area contributed by atoms with Crippen LogP contribution in [0.1, 0.15) is 28.5 Å². The SMILES string of the molecule is C[C@H]1CN(Cc2ccccc2)c2ccccc2N(C(=O)c2cn(Cc3ccccc3)nn2)C1. The van der Waals surface area contributed by atoms with Crippen LogP contribution in [0.4, 0.5) is 11.4 Å². The van der Waals surface area contributed by atoms with Crippen molar-refractivity contribution in [1.82, 2.24) is 15.0 Å². The molecule has 2 heterocycles. The predicted molar refractivity (Wildman–Crippen MR) is 130 cm³/mol. The highest BCUT2D eigenvalue weighted by Crippen LogP contribution is 2.35. The van der Waals surface area contributed by atoms with Crippen LogP contribution in [0.25, 0.3) is 0 Å². The van der Waals surface area contributed by atoms with Gasteiger partial charge in [-0.15, -0.1) is 5.10 Å². The predicted octanol–water partition coefficient (Wildman–Crippen LogP) is 4.63. The fourth-order valence-corrected chi connectivity index (χ4v) is 4.43. The van der Waals surface area contributed by atoms with Crippen molar-refractivity contribution in [3.63, 3.8) is 0 Å². The minimum absolute atomic E-state index is 0.116. The number of hydrogen-bond donors (Lipinski definition) is 0. The molecule has 3 aromatic carbocycles. The molecule has 166 valence electrons. The summed E-state index contributed by atoms with van der Waals surface area (Å²) in [6.07, 6.45) is 1.75. The number of anilines is 2. The Hall–Kier alpha value is -3.93. The zero-order valence-electron chi connectivity index (χ0n) is 18.7. The molecule has 0 spiro atoms. The maximum atomic E-state index is 13.6. The Morgan fingerprint density at radius 3 is 2.12 bits per heavy atom. The van der Waals surface area contributed by atoms with Gasteiger partial charge in [0.2, 0.25) is 0 Å². The van der Waals surface area contributed by atoms with E-state index in [-0.39, 0.29) is 5.91 Å². The Morgan fingerprint density at radius 1 is 0.818 bits per heavy atom. The normalized spacial score (nSPS) is 15.7. The molecule has 1 amide bonds. The van der Waals surface area contributed by atoms with Gasteiger partial charge >= 0.3 is 0 Å². The molecule has 4 aromatic rings. The fourth-order valence-electron chi connectivity index (χ4n) is 4.43. The molecule has 1 atom stereocenters. The zero-order valence-corrected chi connectivity index (χ0v) is 18.7. The maximum absolute atomic E-state index is 13.6. The lowest BCUT2D eigenvalue weighted by atomic mass is 10.1. The number of hydrogen-bond acceptors (Lipinski definition) is 4. The summed E-state index contributed by atoms with van der Waals surface area (Å²) in [4.78, 5) is 17.8. The van der Waals surface area contributed by atoms with Crippen molar-refractivity contribution in [1.29, 1.82) is 0 Å². The number of carbonyl (C=O) groups excluding carboxylic acids is 1. The van der Waals surface area contributed by atoms with Gasteiger partial charge in [0.05, 0.1) is 24.1 Å². The van der Waals surface area contributed by atoms with E-state index in [4.69, 9.17) is 0 Å². The van der Waals surface area contributed by atoms with Crippen LogP contribution in [0.15, 0.2) is 91.1 Å². The van der Waals surface area contributed by atoms with Gasteiger partial charge in [-0.25, -0.2) is 4.68 Å². The Morgan fingerprint density at radius 2 is 1.42 bits per heavy atom. The molecule has 5 rings (SSSR count). The molecule has 0 fully saturated rings. The Kier molecular flexibility index (Phi) is 5.89. The number of rotatable bonds is 5. The number of aromatic nitrogens is 3. The highest BCUT2D eigenvalue weighted by atomic mass is 16.2. The van der Waals surface area contributed by atoms with Crippen LogP contribution in [0.2, 0.25) is 0 Å². The van der Waals surface area contributed by atoms with E-state index in [1.54, 1.807) is 10.9 Å². The van der Waals surface area contributed by atoms with E-state index in [0.29, 0.717) is 24.7 Å².